The van der Waals surface area contributed by atoms with Crippen LogP contribution in [0.15, 0.2) is 54.7 Å². The van der Waals surface area contributed by atoms with E-state index in [-0.39, 0.29) is 0 Å². The molecule has 0 saturated heterocycles. The number of hydrogen-bond acceptors (Lipinski definition) is 1. The Balaban J connectivity index is 1.86. The molecule has 1 aliphatic carbocycles. The van der Waals surface area contributed by atoms with Crippen LogP contribution in [-0.4, -0.2) is 9.81 Å². The minimum absolute atomic E-state index is 0.304. The third kappa shape index (κ3) is 2.34. The van der Waals surface area contributed by atoms with Gasteiger partial charge in [-0.15, -0.1) is 0 Å². The predicted molar refractivity (Wildman–Crippen MR) is 82.7 cm³/mol. The average molecular weight is 316 g/mol. The summed E-state index contributed by atoms with van der Waals surface area (Å²) in [6.07, 6.45) is 4.42. The molecule has 0 amide bonds. The van der Waals surface area contributed by atoms with Gasteiger partial charge >= 0.3 is 0 Å². The summed E-state index contributed by atoms with van der Waals surface area (Å²) in [6, 6.07) is 17.1. The van der Waals surface area contributed by atoms with Gasteiger partial charge in [-0.1, -0.05) is 59.3 Å². The second kappa shape index (κ2) is 5.09. The molecule has 0 N–H and O–H groups in total. The highest BCUT2D eigenvalue weighted by Crippen LogP contribution is 2.56. The van der Waals surface area contributed by atoms with Crippen LogP contribution in [0.1, 0.15) is 36.9 Å². The SMILES string of the molecule is CC(c1ccccn1)C(Br)C1(c2ccccc2)CC1. The zero-order valence-corrected chi connectivity index (χ0v) is 12.7. The van der Waals surface area contributed by atoms with Gasteiger partial charge in [0.15, 0.2) is 0 Å². The van der Waals surface area contributed by atoms with E-state index in [0.29, 0.717) is 16.2 Å². The lowest BCUT2D eigenvalue weighted by Crippen LogP contribution is -2.26. The summed E-state index contributed by atoms with van der Waals surface area (Å²) in [7, 11) is 0. The van der Waals surface area contributed by atoms with Crippen LogP contribution >= 0.6 is 15.9 Å². The topological polar surface area (TPSA) is 12.9 Å². The maximum atomic E-state index is 4.50. The Hall–Kier alpha value is -1.15. The highest BCUT2D eigenvalue weighted by Gasteiger charge is 2.51. The van der Waals surface area contributed by atoms with Crippen molar-refractivity contribution < 1.29 is 0 Å². The van der Waals surface area contributed by atoms with Gasteiger partial charge in [0.1, 0.15) is 0 Å². The molecule has 2 atom stereocenters. The van der Waals surface area contributed by atoms with Crippen molar-refractivity contribution in [1.82, 2.24) is 4.98 Å². The van der Waals surface area contributed by atoms with E-state index >= 15 is 0 Å². The van der Waals surface area contributed by atoms with Crippen molar-refractivity contribution >= 4 is 15.9 Å². The normalized spacial score (nSPS) is 19.7. The van der Waals surface area contributed by atoms with Gasteiger partial charge in [0.25, 0.3) is 0 Å². The fourth-order valence-electron chi connectivity index (χ4n) is 2.90. The van der Waals surface area contributed by atoms with Gasteiger partial charge in [-0.05, 0) is 30.5 Å². The molecule has 98 valence electrons. The quantitative estimate of drug-likeness (QED) is 0.746. The van der Waals surface area contributed by atoms with E-state index in [9.17, 15) is 0 Å². The van der Waals surface area contributed by atoms with E-state index in [1.807, 2.05) is 12.3 Å². The highest BCUT2D eigenvalue weighted by atomic mass is 79.9. The van der Waals surface area contributed by atoms with Crippen LogP contribution in [0.25, 0.3) is 0 Å². The average Bonchev–Trinajstić information content (AvgIpc) is 3.29. The van der Waals surface area contributed by atoms with Crippen molar-refractivity contribution in [2.75, 3.05) is 0 Å². The van der Waals surface area contributed by atoms with E-state index < -0.39 is 0 Å². The first-order valence-electron chi connectivity index (χ1n) is 6.84. The Bertz CT molecular complexity index is 534. The van der Waals surface area contributed by atoms with Crippen molar-refractivity contribution in [3.8, 4) is 0 Å². The van der Waals surface area contributed by atoms with Gasteiger partial charge < -0.3 is 0 Å². The number of alkyl halides is 1. The predicted octanol–water partition coefficient (Wildman–Crippen LogP) is 4.68. The van der Waals surface area contributed by atoms with E-state index in [4.69, 9.17) is 0 Å². The molecule has 1 nitrogen and oxygen atoms in total. The van der Waals surface area contributed by atoms with Crippen LogP contribution in [0.2, 0.25) is 0 Å². The van der Waals surface area contributed by atoms with Gasteiger partial charge in [-0.25, -0.2) is 0 Å². The van der Waals surface area contributed by atoms with Crippen LogP contribution in [0.3, 0.4) is 0 Å². The fourth-order valence-corrected chi connectivity index (χ4v) is 3.90. The molecule has 19 heavy (non-hydrogen) atoms. The first kappa shape index (κ1) is 12.9. The maximum absolute atomic E-state index is 4.50. The molecule has 2 unspecified atom stereocenters. The smallest absolute Gasteiger partial charge is 0.0443 e. The largest absolute Gasteiger partial charge is 0.261 e. The Labute approximate surface area is 123 Å². The molecule has 0 spiro atoms. The molecule has 1 aliphatic rings. The minimum atomic E-state index is 0.304. The van der Waals surface area contributed by atoms with Crippen LogP contribution in [0.5, 0.6) is 0 Å². The highest BCUT2D eigenvalue weighted by molar-refractivity contribution is 9.09. The second-order valence-electron chi connectivity index (χ2n) is 5.47. The lowest BCUT2D eigenvalue weighted by atomic mass is 9.85. The Morgan fingerprint density at radius 3 is 2.32 bits per heavy atom. The number of halogens is 1. The molecule has 0 bridgehead atoms. The molecule has 2 aromatic rings. The zero-order chi connectivity index (χ0) is 13.3. The van der Waals surface area contributed by atoms with Gasteiger partial charge in [0.2, 0.25) is 0 Å². The Morgan fingerprint density at radius 2 is 1.74 bits per heavy atom. The summed E-state index contributed by atoms with van der Waals surface area (Å²) in [5, 5.41) is 0. The Morgan fingerprint density at radius 1 is 1.05 bits per heavy atom. The van der Waals surface area contributed by atoms with Gasteiger partial charge in [-0.3, -0.25) is 4.98 Å². The molecule has 3 rings (SSSR count). The van der Waals surface area contributed by atoms with E-state index in [1.54, 1.807) is 0 Å². The summed E-state index contributed by atoms with van der Waals surface area (Å²) in [5.74, 6) is 0.420. The van der Waals surface area contributed by atoms with Gasteiger partial charge in [-0.2, -0.15) is 0 Å². The zero-order valence-electron chi connectivity index (χ0n) is 11.1. The molecular weight excluding hydrogens is 298 g/mol. The van der Waals surface area contributed by atoms with E-state index in [2.05, 4.69) is 70.3 Å². The standard InChI is InChI=1S/C17H18BrN/c1-13(15-9-5-6-12-19-15)16(18)17(10-11-17)14-7-3-2-4-8-14/h2-9,12-13,16H,10-11H2,1H3. The molecule has 1 saturated carbocycles. The third-order valence-electron chi connectivity index (χ3n) is 4.26. The van der Waals surface area contributed by atoms with Crippen molar-refractivity contribution in [3.63, 3.8) is 0 Å². The van der Waals surface area contributed by atoms with Crippen molar-refractivity contribution in [1.29, 1.82) is 0 Å². The molecule has 0 aliphatic heterocycles. The second-order valence-corrected chi connectivity index (χ2v) is 6.45. The van der Waals surface area contributed by atoms with Crippen LogP contribution in [0, 0.1) is 0 Å². The lowest BCUT2D eigenvalue weighted by molar-refractivity contribution is 0.565. The number of nitrogens with zero attached hydrogens (tertiary/aromatic N) is 1. The fraction of sp³-hybridized carbons (Fsp3) is 0.353. The maximum Gasteiger partial charge on any atom is 0.0443 e. The third-order valence-corrected chi connectivity index (χ3v) is 5.93. The van der Waals surface area contributed by atoms with Crippen molar-refractivity contribution in [2.24, 2.45) is 0 Å². The first-order valence-corrected chi connectivity index (χ1v) is 7.76. The van der Waals surface area contributed by atoms with Crippen molar-refractivity contribution in [3.05, 3.63) is 66.0 Å². The van der Waals surface area contributed by atoms with Crippen LogP contribution in [-0.2, 0) is 5.41 Å². The molecule has 0 radical (unpaired) electrons. The number of benzene rings is 1. The van der Waals surface area contributed by atoms with Gasteiger partial charge in [0.05, 0.1) is 0 Å². The monoisotopic (exact) mass is 315 g/mol. The molecule has 1 heterocycles. The summed E-state index contributed by atoms with van der Waals surface area (Å²) in [5.41, 5.74) is 2.93. The van der Waals surface area contributed by atoms with Gasteiger partial charge in [0, 0.05) is 28.1 Å². The van der Waals surface area contributed by atoms with Crippen LogP contribution < -0.4 is 0 Å². The lowest BCUT2D eigenvalue weighted by Gasteiger charge is -2.27. The van der Waals surface area contributed by atoms with E-state index in [1.165, 1.54) is 24.1 Å². The molecular formula is C17H18BrN. The number of rotatable bonds is 4. The molecule has 2 heteroatoms. The van der Waals surface area contributed by atoms with Crippen LogP contribution in [0.4, 0.5) is 0 Å². The first-order chi connectivity index (χ1) is 9.24. The van der Waals surface area contributed by atoms with Crippen molar-refractivity contribution in [2.45, 2.75) is 35.9 Å². The molecule has 1 fully saturated rings. The summed E-state index contributed by atoms with van der Waals surface area (Å²) in [4.78, 5) is 4.95. The minimum Gasteiger partial charge on any atom is -0.261 e. The number of pyridine rings is 1. The summed E-state index contributed by atoms with van der Waals surface area (Å²) >= 11 is 3.96. The van der Waals surface area contributed by atoms with E-state index in [0.717, 1.165) is 0 Å². The molecule has 1 aromatic heterocycles. The Kier molecular flexibility index (Phi) is 3.44. The number of aromatic nitrogens is 1. The summed E-state index contributed by atoms with van der Waals surface area (Å²) in [6.45, 7) is 2.27. The summed E-state index contributed by atoms with van der Waals surface area (Å²) < 4.78 is 0. The number of hydrogen-bond donors (Lipinski definition) is 0. The molecule has 1 aromatic carbocycles.